The van der Waals surface area contributed by atoms with Gasteiger partial charge in [0.05, 0.1) is 16.8 Å². The van der Waals surface area contributed by atoms with Gasteiger partial charge in [-0.05, 0) is 17.9 Å². The lowest BCUT2D eigenvalue weighted by Gasteiger charge is -2.09. The summed E-state index contributed by atoms with van der Waals surface area (Å²) in [6, 6.07) is 4.15. The van der Waals surface area contributed by atoms with Crippen LogP contribution in [0.1, 0.15) is 31.5 Å². The predicted molar refractivity (Wildman–Crippen MR) is 68.6 cm³/mol. The fourth-order valence-electron chi connectivity index (χ4n) is 1.82. The van der Waals surface area contributed by atoms with E-state index in [1.54, 1.807) is 11.3 Å². The first-order chi connectivity index (χ1) is 7.85. The molecular formula is C12H17N3S. The Kier molecular flexibility index (Phi) is 3.74. The van der Waals surface area contributed by atoms with E-state index in [0.717, 1.165) is 24.4 Å². The van der Waals surface area contributed by atoms with Crippen molar-refractivity contribution in [3.8, 4) is 10.6 Å². The number of nitrogens with zero attached hydrogens (tertiary/aromatic N) is 1. The van der Waals surface area contributed by atoms with E-state index in [2.05, 4.69) is 28.3 Å². The van der Waals surface area contributed by atoms with Crippen LogP contribution in [0.5, 0.6) is 0 Å². The third-order valence-corrected chi connectivity index (χ3v) is 3.59. The zero-order chi connectivity index (χ0) is 11.4. The standard InChI is InChI=1S/C12H17N3S/c1-2-4-9(7-13)12-14-8-10(15-12)11-5-3-6-16-11/h3,5-6,8-9H,2,4,7,13H2,1H3,(H,14,15). The Balaban J connectivity index is 2.18. The molecular weight excluding hydrogens is 218 g/mol. The van der Waals surface area contributed by atoms with Gasteiger partial charge >= 0.3 is 0 Å². The largest absolute Gasteiger partial charge is 0.341 e. The van der Waals surface area contributed by atoms with E-state index >= 15 is 0 Å². The molecule has 2 heterocycles. The van der Waals surface area contributed by atoms with Crippen LogP contribution in [-0.2, 0) is 0 Å². The predicted octanol–water partition coefficient (Wildman–Crippen LogP) is 2.98. The topological polar surface area (TPSA) is 54.7 Å². The quantitative estimate of drug-likeness (QED) is 0.837. The second-order valence-corrected chi connectivity index (χ2v) is 4.83. The number of nitrogens with one attached hydrogen (secondary N) is 1. The summed E-state index contributed by atoms with van der Waals surface area (Å²) in [6.45, 7) is 2.83. The third-order valence-electron chi connectivity index (χ3n) is 2.69. The number of hydrogen-bond donors (Lipinski definition) is 2. The van der Waals surface area contributed by atoms with Crippen molar-refractivity contribution < 1.29 is 0 Å². The van der Waals surface area contributed by atoms with E-state index < -0.39 is 0 Å². The minimum absolute atomic E-state index is 0.360. The van der Waals surface area contributed by atoms with Crippen molar-refractivity contribution in [2.45, 2.75) is 25.7 Å². The van der Waals surface area contributed by atoms with Gasteiger partial charge in [-0.15, -0.1) is 11.3 Å². The average molecular weight is 235 g/mol. The van der Waals surface area contributed by atoms with Gasteiger partial charge in [-0.25, -0.2) is 4.98 Å². The summed E-state index contributed by atoms with van der Waals surface area (Å²) in [5.41, 5.74) is 6.86. The number of thiophene rings is 1. The number of aromatic amines is 1. The van der Waals surface area contributed by atoms with Crippen LogP contribution >= 0.6 is 11.3 Å². The van der Waals surface area contributed by atoms with Gasteiger partial charge < -0.3 is 10.7 Å². The number of aromatic nitrogens is 2. The molecule has 0 saturated heterocycles. The summed E-state index contributed by atoms with van der Waals surface area (Å²) >= 11 is 1.72. The van der Waals surface area contributed by atoms with Gasteiger partial charge in [-0.2, -0.15) is 0 Å². The Morgan fingerprint density at radius 3 is 3.06 bits per heavy atom. The molecule has 3 nitrogen and oxygen atoms in total. The molecule has 86 valence electrons. The van der Waals surface area contributed by atoms with Crippen molar-refractivity contribution in [2.24, 2.45) is 5.73 Å². The maximum absolute atomic E-state index is 5.76. The highest BCUT2D eigenvalue weighted by atomic mass is 32.1. The molecule has 0 aliphatic carbocycles. The number of H-pyrrole nitrogens is 1. The normalized spacial score (nSPS) is 12.9. The zero-order valence-corrected chi connectivity index (χ0v) is 10.3. The van der Waals surface area contributed by atoms with Crippen LogP contribution in [0, 0.1) is 0 Å². The van der Waals surface area contributed by atoms with Gasteiger partial charge in [0.1, 0.15) is 5.82 Å². The van der Waals surface area contributed by atoms with Gasteiger partial charge in [0.15, 0.2) is 0 Å². The van der Waals surface area contributed by atoms with Crippen molar-refractivity contribution in [3.05, 3.63) is 29.5 Å². The molecule has 0 amide bonds. The van der Waals surface area contributed by atoms with Crippen molar-refractivity contribution in [1.29, 1.82) is 0 Å². The average Bonchev–Trinajstić information content (AvgIpc) is 2.95. The van der Waals surface area contributed by atoms with E-state index in [-0.39, 0.29) is 0 Å². The maximum Gasteiger partial charge on any atom is 0.110 e. The van der Waals surface area contributed by atoms with Crippen LogP contribution in [-0.4, -0.2) is 16.5 Å². The molecule has 2 aromatic heterocycles. The van der Waals surface area contributed by atoms with Gasteiger partial charge in [-0.3, -0.25) is 0 Å². The fraction of sp³-hybridized carbons (Fsp3) is 0.417. The number of imidazole rings is 1. The summed E-state index contributed by atoms with van der Waals surface area (Å²) in [5.74, 6) is 1.38. The zero-order valence-electron chi connectivity index (χ0n) is 9.44. The van der Waals surface area contributed by atoms with E-state index in [9.17, 15) is 0 Å². The minimum atomic E-state index is 0.360. The van der Waals surface area contributed by atoms with Crippen molar-refractivity contribution in [1.82, 2.24) is 9.97 Å². The molecule has 16 heavy (non-hydrogen) atoms. The monoisotopic (exact) mass is 235 g/mol. The second kappa shape index (κ2) is 5.27. The van der Waals surface area contributed by atoms with E-state index in [0.29, 0.717) is 12.5 Å². The molecule has 0 spiro atoms. The highest BCUT2D eigenvalue weighted by Gasteiger charge is 2.13. The third kappa shape index (κ3) is 2.33. The Hall–Kier alpha value is -1.13. The first kappa shape index (κ1) is 11.4. The first-order valence-corrected chi connectivity index (χ1v) is 6.52. The smallest absolute Gasteiger partial charge is 0.110 e. The highest BCUT2D eigenvalue weighted by Crippen LogP contribution is 2.25. The molecule has 4 heteroatoms. The van der Waals surface area contributed by atoms with Gasteiger partial charge in [0.25, 0.3) is 0 Å². The SMILES string of the molecule is CCCC(CN)c1ncc(-c2cccs2)[nH]1. The van der Waals surface area contributed by atoms with Gasteiger partial charge in [-0.1, -0.05) is 19.4 Å². The molecule has 1 unspecified atom stereocenters. The summed E-state index contributed by atoms with van der Waals surface area (Å²) < 4.78 is 0. The summed E-state index contributed by atoms with van der Waals surface area (Å²) in [7, 11) is 0. The minimum Gasteiger partial charge on any atom is -0.341 e. The van der Waals surface area contributed by atoms with E-state index in [1.165, 1.54) is 4.88 Å². The molecule has 0 aliphatic rings. The molecule has 0 fully saturated rings. The van der Waals surface area contributed by atoms with E-state index in [4.69, 9.17) is 5.73 Å². The number of rotatable bonds is 5. The van der Waals surface area contributed by atoms with Crippen LogP contribution in [0.25, 0.3) is 10.6 Å². The van der Waals surface area contributed by atoms with Crippen LogP contribution < -0.4 is 5.73 Å². The summed E-state index contributed by atoms with van der Waals surface area (Å²) in [6.07, 6.45) is 4.13. The lowest BCUT2D eigenvalue weighted by atomic mass is 10.0. The Labute approximate surface area is 99.7 Å². The van der Waals surface area contributed by atoms with Crippen LogP contribution in [0.4, 0.5) is 0 Å². The number of nitrogens with two attached hydrogens (primary N) is 1. The Bertz CT molecular complexity index is 419. The van der Waals surface area contributed by atoms with Crippen molar-refractivity contribution in [2.75, 3.05) is 6.54 Å². The molecule has 0 saturated carbocycles. The molecule has 2 aromatic rings. The Morgan fingerprint density at radius 2 is 2.44 bits per heavy atom. The molecule has 0 bridgehead atoms. The summed E-state index contributed by atoms with van der Waals surface area (Å²) in [4.78, 5) is 9.03. The fourth-order valence-corrected chi connectivity index (χ4v) is 2.51. The lowest BCUT2D eigenvalue weighted by Crippen LogP contribution is -2.13. The molecule has 3 N–H and O–H groups in total. The molecule has 2 rings (SSSR count). The van der Waals surface area contributed by atoms with Crippen LogP contribution in [0.15, 0.2) is 23.7 Å². The van der Waals surface area contributed by atoms with Crippen LogP contribution in [0.2, 0.25) is 0 Å². The van der Waals surface area contributed by atoms with Crippen molar-refractivity contribution >= 4 is 11.3 Å². The molecule has 0 radical (unpaired) electrons. The van der Waals surface area contributed by atoms with E-state index in [1.807, 2.05) is 12.3 Å². The first-order valence-electron chi connectivity index (χ1n) is 5.64. The number of hydrogen-bond acceptors (Lipinski definition) is 3. The molecule has 1 atom stereocenters. The van der Waals surface area contributed by atoms with Gasteiger partial charge in [0, 0.05) is 12.5 Å². The summed E-state index contributed by atoms with van der Waals surface area (Å²) in [5, 5.41) is 2.07. The van der Waals surface area contributed by atoms with Crippen molar-refractivity contribution in [3.63, 3.8) is 0 Å². The lowest BCUT2D eigenvalue weighted by molar-refractivity contribution is 0.595. The van der Waals surface area contributed by atoms with Gasteiger partial charge in [0.2, 0.25) is 0 Å². The highest BCUT2D eigenvalue weighted by molar-refractivity contribution is 7.13. The second-order valence-electron chi connectivity index (χ2n) is 3.88. The Morgan fingerprint density at radius 1 is 1.56 bits per heavy atom. The maximum atomic E-state index is 5.76. The molecule has 0 aliphatic heterocycles. The van der Waals surface area contributed by atoms with Crippen LogP contribution in [0.3, 0.4) is 0 Å². The molecule has 0 aromatic carbocycles.